The summed E-state index contributed by atoms with van der Waals surface area (Å²) in [4.78, 5) is 4.51. The Kier molecular flexibility index (Phi) is 2.98. The summed E-state index contributed by atoms with van der Waals surface area (Å²) in [6.45, 7) is 6.87. The molecule has 0 aliphatic rings. The third kappa shape index (κ3) is 2.53. The lowest BCUT2D eigenvalue weighted by Crippen LogP contribution is -2.13. The van der Waals surface area contributed by atoms with Gasteiger partial charge in [0, 0.05) is 17.5 Å². The molecule has 0 amide bonds. The average molecular weight is 230 g/mol. The maximum atomic E-state index is 5.56. The van der Waals surface area contributed by atoms with Gasteiger partial charge in [0.1, 0.15) is 5.82 Å². The van der Waals surface area contributed by atoms with Crippen LogP contribution in [0.3, 0.4) is 0 Å². The lowest BCUT2D eigenvalue weighted by molar-refractivity contribution is 0.548. The van der Waals surface area contributed by atoms with Gasteiger partial charge in [-0.05, 0) is 5.56 Å². The Bertz CT molecular complexity index is 491. The zero-order chi connectivity index (χ0) is 12.5. The summed E-state index contributed by atoms with van der Waals surface area (Å²) >= 11 is 0. The third-order valence-corrected chi connectivity index (χ3v) is 2.64. The molecule has 4 nitrogen and oxygen atoms in total. The van der Waals surface area contributed by atoms with Crippen molar-refractivity contribution in [2.24, 2.45) is 5.73 Å². The second kappa shape index (κ2) is 4.30. The van der Waals surface area contributed by atoms with Crippen molar-refractivity contribution in [3.63, 3.8) is 0 Å². The monoisotopic (exact) mass is 230 g/mol. The highest BCUT2D eigenvalue weighted by Crippen LogP contribution is 2.21. The van der Waals surface area contributed by atoms with Crippen molar-refractivity contribution in [1.29, 1.82) is 0 Å². The molecule has 3 N–H and O–H groups in total. The Morgan fingerprint density at radius 3 is 2.29 bits per heavy atom. The Hall–Kier alpha value is -1.68. The molecule has 2 aromatic rings. The Morgan fingerprint density at radius 1 is 1.18 bits per heavy atom. The van der Waals surface area contributed by atoms with E-state index in [4.69, 9.17) is 5.73 Å². The van der Waals surface area contributed by atoms with Gasteiger partial charge in [0.25, 0.3) is 0 Å². The van der Waals surface area contributed by atoms with E-state index in [1.807, 2.05) is 24.3 Å². The van der Waals surface area contributed by atoms with Crippen LogP contribution in [0.2, 0.25) is 0 Å². The summed E-state index contributed by atoms with van der Waals surface area (Å²) in [5.74, 6) is 1.63. The molecule has 0 bridgehead atoms. The fourth-order valence-corrected chi connectivity index (χ4v) is 1.52. The number of benzene rings is 1. The van der Waals surface area contributed by atoms with E-state index in [-0.39, 0.29) is 5.41 Å². The first-order chi connectivity index (χ1) is 8.00. The molecule has 90 valence electrons. The second-order valence-electron chi connectivity index (χ2n) is 5.16. The Morgan fingerprint density at radius 2 is 1.82 bits per heavy atom. The predicted octanol–water partition coefficient (Wildman–Crippen LogP) is 2.23. The molecular formula is C13H18N4. The zero-order valence-electron chi connectivity index (χ0n) is 10.5. The van der Waals surface area contributed by atoms with E-state index in [1.54, 1.807) is 0 Å². The van der Waals surface area contributed by atoms with Gasteiger partial charge in [0.2, 0.25) is 0 Å². The van der Waals surface area contributed by atoms with E-state index < -0.39 is 0 Å². The molecule has 0 atom stereocenters. The second-order valence-corrected chi connectivity index (χ2v) is 5.16. The molecule has 0 aliphatic heterocycles. The number of hydrogen-bond donors (Lipinski definition) is 2. The SMILES string of the molecule is CC(C)(C)c1nc(-c2ccc(CN)cc2)n[nH]1. The standard InChI is InChI=1S/C13H18N4/c1-13(2,3)12-15-11(16-17-12)10-6-4-9(8-14)5-7-10/h4-7H,8,14H2,1-3H3,(H,15,16,17). The number of aromatic nitrogens is 3. The number of aromatic amines is 1. The molecule has 0 saturated heterocycles. The summed E-state index contributed by atoms with van der Waals surface area (Å²) in [5.41, 5.74) is 7.67. The van der Waals surface area contributed by atoms with Crippen molar-refractivity contribution >= 4 is 0 Å². The Balaban J connectivity index is 2.30. The highest BCUT2D eigenvalue weighted by atomic mass is 15.2. The minimum atomic E-state index is -0.0115. The molecule has 17 heavy (non-hydrogen) atoms. The third-order valence-electron chi connectivity index (χ3n) is 2.64. The lowest BCUT2D eigenvalue weighted by atomic mass is 9.96. The number of hydrogen-bond acceptors (Lipinski definition) is 3. The van der Waals surface area contributed by atoms with Crippen LogP contribution in [0.15, 0.2) is 24.3 Å². The van der Waals surface area contributed by atoms with E-state index in [0.29, 0.717) is 6.54 Å². The highest BCUT2D eigenvalue weighted by Gasteiger charge is 2.18. The van der Waals surface area contributed by atoms with Crippen LogP contribution >= 0.6 is 0 Å². The van der Waals surface area contributed by atoms with Crippen LogP contribution in [-0.2, 0) is 12.0 Å². The molecular weight excluding hydrogens is 212 g/mol. The van der Waals surface area contributed by atoms with Gasteiger partial charge in [-0.25, -0.2) is 4.98 Å². The molecule has 0 unspecified atom stereocenters. The van der Waals surface area contributed by atoms with Crippen LogP contribution in [0.4, 0.5) is 0 Å². The lowest BCUT2D eigenvalue weighted by Gasteiger charge is -2.12. The molecule has 1 aromatic heterocycles. The van der Waals surface area contributed by atoms with E-state index in [2.05, 4.69) is 36.0 Å². The minimum Gasteiger partial charge on any atom is -0.326 e. The first-order valence-corrected chi connectivity index (χ1v) is 5.73. The molecule has 0 aliphatic carbocycles. The first-order valence-electron chi connectivity index (χ1n) is 5.73. The summed E-state index contributed by atoms with van der Waals surface area (Å²) in [5, 5.41) is 7.23. The quantitative estimate of drug-likeness (QED) is 0.831. The molecule has 0 radical (unpaired) electrons. The first kappa shape index (κ1) is 11.8. The van der Waals surface area contributed by atoms with Crippen molar-refractivity contribution in [1.82, 2.24) is 15.2 Å². The van der Waals surface area contributed by atoms with Gasteiger partial charge in [-0.1, -0.05) is 45.0 Å². The molecule has 0 fully saturated rings. The topological polar surface area (TPSA) is 67.6 Å². The summed E-state index contributed by atoms with van der Waals surface area (Å²) < 4.78 is 0. The van der Waals surface area contributed by atoms with Crippen molar-refractivity contribution in [3.8, 4) is 11.4 Å². The van der Waals surface area contributed by atoms with Crippen LogP contribution in [0.25, 0.3) is 11.4 Å². The summed E-state index contributed by atoms with van der Waals surface area (Å²) in [6.07, 6.45) is 0. The fourth-order valence-electron chi connectivity index (χ4n) is 1.52. The van der Waals surface area contributed by atoms with Crippen molar-refractivity contribution < 1.29 is 0 Å². The van der Waals surface area contributed by atoms with E-state index in [0.717, 1.165) is 22.8 Å². The summed E-state index contributed by atoms with van der Waals surface area (Å²) in [7, 11) is 0. The molecule has 1 aromatic carbocycles. The molecule has 0 saturated carbocycles. The number of nitrogens with two attached hydrogens (primary N) is 1. The highest BCUT2D eigenvalue weighted by molar-refractivity contribution is 5.55. The number of H-pyrrole nitrogens is 1. The maximum Gasteiger partial charge on any atom is 0.181 e. The number of nitrogens with one attached hydrogen (secondary N) is 1. The zero-order valence-corrected chi connectivity index (χ0v) is 10.5. The van der Waals surface area contributed by atoms with Crippen molar-refractivity contribution in [2.75, 3.05) is 0 Å². The number of nitrogens with zero attached hydrogens (tertiary/aromatic N) is 2. The normalized spacial score (nSPS) is 11.8. The molecule has 4 heteroatoms. The van der Waals surface area contributed by atoms with Crippen LogP contribution in [0.1, 0.15) is 32.2 Å². The van der Waals surface area contributed by atoms with Crippen molar-refractivity contribution in [3.05, 3.63) is 35.7 Å². The van der Waals surface area contributed by atoms with Crippen LogP contribution < -0.4 is 5.73 Å². The van der Waals surface area contributed by atoms with Gasteiger partial charge in [-0.3, -0.25) is 5.10 Å². The van der Waals surface area contributed by atoms with Gasteiger partial charge in [0.05, 0.1) is 0 Å². The average Bonchev–Trinajstić information content (AvgIpc) is 2.78. The largest absolute Gasteiger partial charge is 0.326 e. The van der Waals surface area contributed by atoms with Crippen LogP contribution in [-0.4, -0.2) is 15.2 Å². The summed E-state index contributed by atoms with van der Waals surface area (Å²) in [6, 6.07) is 8.00. The molecule has 0 spiro atoms. The van der Waals surface area contributed by atoms with Gasteiger partial charge >= 0.3 is 0 Å². The fraction of sp³-hybridized carbons (Fsp3) is 0.385. The van der Waals surface area contributed by atoms with Gasteiger partial charge in [-0.15, -0.1) is 0 Å². The maximum absolute atomic E-state index is 5.56. The van der Waals surface area contributed by atoms with Crippen LogP contribution in [0, 0.1) is 0 Å². The predicted molar refractivity (Wildman–Crippen MR) is 68.4 cm³/mol. The van der Waals surface area contributed by atoms with E-state index >= 15 is 0 Å². The van der Waals surface area contributed by atoms with Gasteiger partial charge in [0.15, 0.2) is 5.82 Å². The van der Waals surface area contributed by atoms with E-state index in [9.17, 15) is 0 Å². The molecule has 2 rings (SSSR count). The Labute approximate surface area is 101 Å². The molecule has 1 heterocycles. The van der Waals surface area contributed by atoms with Crippen molar-refractivity contribution in [2.45, 2.75) is 32.7 Å². The van der Waals surface area contributed by atoms with Gasteiger partial charge in [-0.2, -0.15) is 5.10 Å². The smallest absolute Gasteiger partial charge is 0.181 e. The van der Waals surface area contributed by atoms with E-state index in [1.165, 1.54) is 0 Å². The number of rotatable bonds is 2. The van der Waals surface area contributed by atoms with Gasteiger partial charge < -0.3 is 5.73 Å². The van der Waals surface area contributed by atoms with Crippen LogP contribution in [0.5, 0.6) is 0 Å². The minimum absolute atomic E-state index is 0.0115.